The van der Waals surface area contributed by atoms with Gasteiger partial charge in [-0.1, -0.05) is 25.7 Å². The maximum atomic E-state index is 13.1. The summed E-state index contributed by atoms with van der Waals surface area (Å²) >= 11 is 0. The Kier molecular flexibility index (Phi) is 6.50. The van der Waals surface area contributed by atoms with Crippen molar-refractivity contribution in [1.29, 1.82) is 0 Å². The normalized spacial score (nSPS) is 24.7. The molecule has 1 aromatic carbocycles. The van der Waals surface area contributed by atoms with Gasteiger partial charge in [0.2, 0.25) is 5.91 Å². The summed E-state index contributed by atoms with van der Waals surface area (Å²) in [4.78, 5) is 19.8. The Balaban J connectivity index is 1.24. The van der Waals surface area contributed by atoms with Crippen molar-refractivity contribution >= 4 is 11.6 Å². The van der Waals surface area contributed by atoms with Crippen LogP contribution >= 0.6 is 0 Å². The molecule has 4 nitrogen and oxygen atoms in total. The monoisotopic (exact) mass is 387 g/mol. The van der Waals surface area contributed by atoms with Crippen molar-refractivity contribution in [3.63, 3.8) is 0 Å². The highest BCUT2D eigenvalue weighted by Crippen LogP contribution is 2.29. The van der Waals surface area contributed by atoms with Crippen LogP contribution in [0.2, 0.25) is 0 Å². The number of hydrogen-bond acceptors (Lipinski definition) is 3. The number of anilines is 1. The Labute approximate surface area is 168 Å². The first kappa shape index (κ1) is 19.7. The molecule has 0 aromatic heterocycles. The van der Waals surface area contributed by atoms with E-state index in [-0.39, 0.29) is 5.82 Å². The van der Waals surface area contributed by atoms with E-state index in [4.69, 9.17) is 0 Å². The van der Waals surface area contributed by atoms with Crippen LogP contribution in [0.1, 0.15) is 51.4 Å². The van der Waals surface area contributed by atoms with E-state index in [1.165, 1.54) is 44.2 Å². The number of nitrogens with zero attached hydrogens (tertiary/aromatic N) is 3. The van der Waals surface area contributed by atoms with E-state index < -0.39 is 0 Å². The van der Waals surface area contributed by atoms with Crippen molar-refractivity contribution in [2.45, 2.75) is 57.4 Å². The maximum Gasteiger partial charge on any atom is 0.222 e. The maximum absolute atomic E-state index is 13.1. The van der Waals surface area contributed by atoms with E-state index in [1.54, 1.807) is 0 Å². The number of halogens is 1. The summed E-state index contributed by atoms with van der Waals surface area (Å²) in [5.41, 5.74) is 1.11. The van der Waals surface area contributed by atoms with Gasteiger partial charge in [0, 0.05) is 57.4 Å². The lowest BCUT2D eigenvalue weighted by Gasteiger charge is -2.44. The lowest BCUT2D eigenvalue weighted by Crippen LogP contribution is -2.55. The number of carbonyl (C=O) groups is 1. The third kappa shape index (κ3) is 4.86. The minimum atomic E-state index is -0.178. The molecule has 154 valence electrons. The van der Waals surface area contributed by atoms with Gasteiger partial charge in [0.15, 0.2) is 0 Å². The number of carbonyl (C=O) groups excluding carboxylic acids is 1. The smallest absolute Gasteiger partial charge is 0.222 e. The van der Waals surface area contributed by atoms with Crippen molar-refractivity contribution in [2.24, 2.45) is 5.92 Å². The van der Waals surface area contributed by atoms with Gasteiger partial charge in [-0.2, -0.15) is 0 Å². The summed E-state index contributed by atoms with van der Waals surface area (Å²) in [5.74, 6) is 0.993. The van der Waals surface area contributed by atoms with Gasteiger partial charge in [0.05, 0.1) is 0 Å². The van der Waals surface area contributed by atoms with Gasteiger partial charge >= 0.3 is 0 Å². The van der Waals surface area contributed by atoms with Crippen LogP contribution in [-0.2, 0) is 4.79 Å². The summed E-state index contributed by atoms with van der Waals surface area (Å²) in [5, 5.41) is 0. The Morgan fingerprint density at radius 2 is 1.64 bits per heavy atom. The van der Waals surface area contributed by atoms with Crippen LogP contribution in [0.3, 0.4) is 0 Å². The molecular weight excluding hydrogens is 353 g/mol. The Morgan fingerprint density at radius 3 is 2.36 bits per heavy atom. The number of hydrogen-bond donors (Lipinski definition) is 0. The van der Waals surface area contributed by atoms with E-state index in [0.717, 1.165) is 70.1 Å². The molecule has 1 aromatic rings. The zero-order chi connectivity index (χ0) is 19.3. The van der Waals surface area contributed by atoms with Crippen molar-refractivity contribution in [2.75, 3.05) is 44.2 Å². The van der Waals surface area contributed by atoms with Gasteiger partial charge in [-0.15, -0.1) is 0 Å². The SMILES string of the molecule is O=C(CCC1CCCC1)N1CCC[C@H](N2CCN(c3ccc(F)cc3)CC2)C1. The molecule has 3 aliphatic rings. The van der Waals surface area contributed by atoms with E-state index >= 15 is 0 Å². The van der Waals surface area contributed by atoms with Crippen LogP contribution in [0.25, 0.3) is 0 Å². The summed E-state index contributed by atoms with van der Waals surface area (Å²) in [6.45, 7) is 5.82. The molecule has 28 heavy (non-hydrogen) atoms. The topological polar surface area (TPSA) is 26.8 Å². The van der Waals surface area contributed by atoms with E-state index in [2.05, 4.69) is 14.7 Å². The number of amides is 1. The molecule has 0 N–H and O–H groups in total. The van der Waals surface area contributed by atoms with Crippen molar-refractivity contribution < 1.29 is 9.18 Å². The summed E-state index contributed by atoms with van der Waals surface area (Å²) < 4.78 is 13.1. The number of piperazine rings is 1. The second-order valence-electron chi connectivity index (χ2n) is 8.82. The Morgan fingerprint density at radius 1 is 0.929 bits per heavy atom. The molecule has 1 saturated carbocycles. The predicted octanol–water partition coefficient (Wildman–Crippen LogP) is 3.91. The molecular formula is C23H34FN3O. The van der Waals surface area contributed by atoms with Crippen LogP contribution in [0.5, 0.6) is 0 Å². The quantitative estimate of drug-likeness (QED) is 0.766. The highest BCUT2D eigenvalue weighted by atomic mass is 19.1. The van der Waals surface area contributed by atoms with Crippen molar-refractivity contribution in [3.8, 4) is 0 Å². The van der Waals surface area contributed by atoms with Crippen LogP contribution < -0.4 is 4.90 Å². The van der Waals surface area contributed by atoms with Gasteiger partial charge in [0.25, 0.3) is 0 Å². The molecule has 4 rings (SSSR count). The zero-order valence-electron chi connectivity index (χ0n) is 17.0. The third-order valence-electron chi connectivity index (χ3n) is 7.01. The van der Waals surface area contributed by atoms with Gasteiger partial charge in [0.1, 0.15) is 5.82 Å². The number of benzene rings is 1. The van der Waals surface area contributed by atoms with Crippen molar-refractivity contribution in [3.05, 3.63) is 30.1 Å². The fourth-order valence-corrected chi connectivity index (χ4v) is 5.26. The first-order valence-electron chi connectivity index (χ1n) is 11.2. The minimum Gasteiger partial charge on any atom is -0.369 e. The Hall–Kier alpha value is -1.62. The van der Waals surface area contributed by atoms with Crippen LogP contribution in [0.4, 0.5) is 10.1 Å². The molecule has 1 amide bonds. The average molecular weight is 388 g/mol. The minimum absolute atomic E-state index is 0.178. The molecule has 5 heteroatoms. The van der Waals surface area contributed by atoms with Crippen LogP contribution in [0, 0.1) is 11.7 Å². The molecule has 3 fully saturated rings. The van der Waals surface area contributed by atoms with Gasteiger partial charge < -0.3 is 9.80 Å². The lowest BCUT2D eigenvalue weighted by atomic mass is 9.99. The second-order valence-corrected chi connectivity index (χ2v) is 8.82. The molecule has 2 heterocycles. The van der Waals surface area contributed by atoms with E-state index in [9.17, 15) is 9.18 Å². The number of likely N-dealkylation sites (tertiary alicyclic amines) is 1. The molecule has 0 spiro atoms. The summed E-state index contributed by atoms with van der Waals surface area (Å²) in [7, 11) is 0. The van der Waals surface area contributed by atoms with E-state index in [0.29, 0.717) is 11.9 Å². The van der Waals surface area contributed by atoms with E-state index in [1.807, 2.05) is 12.1 Å². The average Bonchev–Trinajstić information content (AvgIpc) is 3.26. The predicted molar refractivity (Wildman–Crippen MR) is 111 cm³/mol. The number of piperidine rings is 1. The molecule has 0 bridgehead atoms. The van der Waals surface area contributed by atoms with Crippen LogP contribution in [0.15, 0.2) is 24.3 Å². The van der Waals surface area contributed by atoms with Crippen molar-refractivity contribution in [1.82, 2.24) is 9.80 Å². The summed E-state index contributed by atoms with van der Waals surface area (Å²) in [6, 6.07) is 7.32. The molecule has 2 aliphatic heterocycles. The molecule has 0 radical (unpaired) electrons. The standard InChI is InChI=1S/C23H34FN3O/c24-20-8-10-21(11-9-20)25-14-16-26(17-15-25)22-6-3-13-27(18-22)23(28)12-7-19-4-1-2-5-19/h8-11,19,22H,1-7,12-18H2/t22-/m0/s1. The molecule has 1 aliphatic carbocycles. The first-order chi connectivity index (χ1) is 13.7. The summed E-state index contributed by atoms with van der Waals surface area (Å²) in [6.07, 6.45) is 9.53. The molecule has 1 atom stereocenters. The first-order valence-corrected chi connectivity index (χ1v) is 11.2. The molecule has 0 unspecified atom stereocenters. The Bertz CT molecular complexity index is 636. The second kappa shape index (κ2) is 9.25. The van der Waals surface area contributed by atoms with Gasteiger partial charge in [-0.05, 0) is 49.4 Å². The highest BCUT2D eigenvalue weighted by molar-refractivity contribution is 5.76. The zero-order valence-corrected chi connectivity index (χ0v) is 17.0. The fourth-order valence-electron chi connectivity index (χ4n) is 5.26. The number of rotatable bonds is 5. The fraction of sp³-hybridized carbons (Fsp3) is 0.696. The van der Waals surface area contributed by atoms with Gasteiger partial charge in [-0.25, -0.2) is 4.39 Å². The molecule has 2 saturated heterocycles. The largest absolute Gasteiger partial charge is 0.369 e. The van der Waals surface area contributed by atoms with Crippen LogP contribution in [-0.4, -0.2) is 61.0 Å². The third-order valence-corrected chi connectivity index (χ3v) is 7.01. The van der Waals surface area contributed by atoms with Gasteiger partial charge in [-0.3, -0.25) is 9.69 Å². The lowest BCUT2D eigenvalue weighted by molar-refractivity contribution is -0.133. The highest BCUT2D eigenvalue weighted by Gasteiger charge is 2.30.